The van der Waals surface area contributed by atoms with E-state index in [1.54, 1.807) is 6.33 Å². The van der Waals surface area contributed by atoms with Gasteiger partial charge in [-0.2, -0.15) is 5.10 Å². The Morgan fingerprint density at radius 3 is 2.54 bits per heavy atom. The highest BCUT2D eigenvalue weighted by molar-refractivity contribution is 5.89. The van der Waals surface area contributed by atoms with Crippen molar-refractivity contribution in [2.75, 3.05) is 11.9 Å². The van der Waals surface area contributed by atoms with Gasteiger partial charge in [-0.1, -0.05) is 0 Å². The normalized spacial score (nSPS) is 12.0. The third kappa shape index (κ3) is 3.90. The molecule has 0 spiro atoms. The molecule has 0 bridgehead atoms. The fourth-order valence-corrected chi connectivity index (χ4v) is 2.84. The van der Waals surface area contributed by atoms with Crippen LogP contribution in [0, 0.1) is 13.8 Å². The summed E-state index contributed by atoms with van der Waals surface area (Å²) >= 11 is 0. The number of hydrogen-bond donors (Lipinski definition) is 2. The van der Waals surface area contributed by atoms with Gasteiger partial charge in [0.2, 0.25) is 0 Å². The molecule has 0 aliphatic carbocycles. The molecule has 0 unspecified atom stereocenters. The zero-order valence-electron chi connectivity index (χ0n) is 15.4. The Labute approximate surface area is 152 Å². The molecule has 0 radical (unpaired) electrons. The highest BCUT2D eigenvalue weighted by Crippen LogP contribution is 2.18. The number of rotatable bonds is 5. The minimum atomic E-state index is -0.246. The molecule has 3 aromatic rings. The lowest BCUT2D eigenvalue weighted by atomic mass is 10.2. The average molecular weight is 353 g/mol. The van der Waals surface area contributed by atoms with Crippen LogP contribution in [-0.4, -0.2) is 37.1 Å². The number of nitrogens with one attached hydrogen (secondary N) is 2. The molecule has 136 valence electrons. The molecule has 3 rings (SSSR count). The van der Waals surface area contributed by atoms with E-state index in [0.717, 1.165) is 22.8 Å². The number of carbonyl (C=O) groups is 1. The Kier molecular flexibility index (Phi) is 5.01. The molecule has 26 heavy (non-hydrogen) atoms. The highest BCUT2D eigenvalue weighted by atomic mass is 16.2. The highest BCUT2D eigenvalue weighted by Gasteiger charge is 2.11. The van der Waals surface area contributed by atoms with E-state index >= 15 is 0 Å². The second-order valence-corrected chi connectivity index (χ2v) is 6.40. The van der Waals surface area contributed by atoms with Gasteiger partial charge in [0.05, 0.1) is 11.7 Å². The van der Waals surface area contributed by atoms with Crippen molar-refractivity contribution in [1.82, 2.24) is 29.9 Å². The minimum absolute atomic E-state index is 0.0766. The van der Waals surface area contributed by atoms with Gasteiger partial charge in [0, 0.05) is 30.5 Å². The number of aromatic nitrogens is 5. The Morgan fingerprint density at radius 2 is 1.96 bits per heavy atom. The van der Waals surface area contributed by atoms with Crippen molar-refractivity contribution in [3.63, 3.8) is 0 Å². The predicted octanol–water partition coefficient (Wildman–Crippen LogP) is 2.68. The standard InChI is InChI=1S/C18H23N7O/c1-12-9-13(2)25(23-12)14(3)10-19-18(26)21-16-7-5-15(6-8-16)17-22-20-11-24(17)4/h5-9,11,14H,10H2,1-4H3,(H2,19,21,26)/t14-/m1/s1. The van der Waals surface area contributed by atoms with Crippen LogP contribution >= 0.6 is 0 Å². The first-order chi connectivity index (χ1) is 12.4. The zero-order valence-corrected chi connectivity index (χ0v) is 15.4. The van der Waals surface area contributed by atoms with Gasteiger partial charge in [-0.25, -0.2) is 4.79 Å². The molecule has 2 aromatic heterocycles. The van der Waals surface area contributed by atoms with Crippen molar-refractivity contribution < 1.29 is 4.79 Å². The number of aryl methyl sites for hydroxylation is 3. The van der Waals surface area contributed by atoms with Crippen LogP contribution in [0.4, 0.5) is 10.5 Å². The average Bonchev–Trinajstić information content (AvgIpc) is 3.18. The van der Waals surface area contributed by atoms with E-state index in [2.05, 4.69) is 25.9 Å². The first kappa shape index (κ1) is 17.7. The van der Waals surface area contributed by atoms with E-state index in [9.17, 15) is 4.79 Å². The summed E-state index contributed by atoms with van der Waals surface area (Å²) in [5, 5.41) is 18.1. The molecule has 0 aliphatic rings. The van der Waals surface area contributed by atoms with Gasteiger partial charge < -0.3 is 15.2 Å². The molecule has 2 heterocycles. The first-order valence-electron chi connectivity index (χ1n) is 8.46. The molecule has 2 amide bonds. The minimum Gasteiger partial charge on any atom is -0.336 e. The molecule has 1 aromatic carbocycles. The van der Waals surface area contributed by atoms with E-state index in [1.165, 1.54) is 0 Å². The summed E-state index contributed by atoms with van der Waals surface area (Å²) in [5.41, 5.74) is 3.71. The smallest absolute Gasteiger partial charge is 0.319 e. The van der Waals surface area contributed by atoms with Crippen LogP contribution < -0.4 is 10.6 Å². The zero-order chi connectivity index (χ0) is 18.7. The van der Waals surface area contributed by atoms with E-state index < -0.39 is 0 Å². The van der Waals surface area contributed by atoms with Crippen LogP contribution in [0.5, 0.6) is 0 Å². The summed E-state index contributed by atoms with van der Waals surface area (Å²) < 4.78 is 3.76. The van der Waals surface area contributed by atoms with Gasteiger partial charge in [0.1, 0.15) is 6.33 Å². The van der Waals surface area contributed by atoms with Crippen LogP contribution in [0.15, 0.2) is 36.7 Å². The van der Waals surface area contributed by atoms with Gasteiger partial charge in [0.25, 0.3) is 0 Å². The number of benzene rings is 1. The number of carbonyl (C=O) groups excluding carboxylic acids is 1. The van der Waals surface area contributed by atoms with Gasteiger partial charge in [-0.3, -0.25) is 4.68 Å². The van der Waals surface area contributed by atoms with Crippen molar-refractivity contribution in [2.45, 2.75) is 26.8 Å². The Bertz CT molecular complexity index is 895. The van der Waals surface area contributed by atoms with Crippen molar-refractivity contribution in [1.29, 1.82) is 0 Å². The Hall–Kier alpha value is -3.16. The van der Waals surface area contributed by atoms with Crippen molar-refractivity contribution in [3.05, 3.63) is 48.0 Å². The quantitative estimate of drug-likeness (QED) is 0.738. The lowest BCUT2D eigenvalue weighted by molar-refractivity contribution is 0.250. The van der Waals surface area contributed by atoms with Crippen LogP contribution in [0.25, 0.3) is 11.4 Å². The lowest BCUT2D eigenvalue weighted by Gasteiger charge is -2.15. The summed E-state index contributed by atoms with van der Waals surface area (Å²) in [7, 11) is 1.89. The molecule has 0 fully saturated rings. The number of urea groups is 1. The van der Waals surface area contributed by atoms with Gasteiger partial charge >= 0.3 is 6.03 Å². The van der Waals surface area contributed by atoms with Crippen molar-refractivity contribution in [3.8, 4) is 11.4 Å². The monoisotopic (exact) mass is 353 g/mol. The van der Waals surface area contributed by atoms with E-state index in [-0.39, 0.29) is 12.1 Å². The maximum atomic E-state index is 12.1. The van der Waals surface area contributed by atoms with Gasteiger partial charge in [-0.15, -0.1) is 10.2 Å². The molecule has 0 aliphatic heterocycles. The molecule has 1 atom stereocenters. The molecule has 0 saturated carbocycles. The van der Waals surface area contributed by atoms with Gasteiger partial charge in [-0.05, 0) is 51.1 Å². The lowest BCUT2D eigenvalue weighted by Crippen LogP contribution is -2.33. The molecular weight excluding hydrogens is 330 g/mol. The third-order valence-corrected chi connectivity index (χ3v) is 4.13. The Morgan fingerprint density at radius 1 is 1.23 bits per heavy atom. The molecular formula is C18H23N7O. The topological polar surface area (TPSA) is 89.7 Å². The molecule has 8 heteroatoms. The second-order valence-electron chi connectivity index (χ2n) is 6.40. The van der Waals surface area contributed by atoms with Crippen molar-refractivity contribution in [2.24, 2.45) is 7.05 Å². The summed E-state index contributed by atoms with van der Waals surface area (Å²) in [4.78, 5) is 12.1. The van der Waals surface area contributed by atoms with Crippen LogP contribution in [0.2, 0.25) is 0 Å². The summed E-state index contributed by atoms with van der Waals surface area (Å²) in [6.45, 7) is 6.48. The fourth-order valence-electron chi connectivity index (χ4n) is 2.84. The molecule has 2 N–H and O–H groups in total. The predicted molar refractivity (Wildman–Crippen MR) is 99.9 cm³/mol. The van der Waals surface area contributed by atoms with Crippen LogP contribution in [0.1, 0.15) is 24.4 Å². The van der Waals surface area contributed by atoms with E-state index in [1.807, 2.05) is 67.4 Å². The van der Waals surface area contributed by atoms with Gasteiger partial charge in [0.15, 0.2) is 5.82 Å². The van der Waals surface area contributed by atoms with E-state index in [4.69, 9.17) is 0 Å². The second kappa shape index (κ2) is 7.38. The number of anilines is 1. The molecule has 0 saturated heterocycles. The maximum Gasteiger partial charge on any atom is 0.319 e. The van der Waals surface area contributed by atoms with Crippen LogP contribution in [0.3, 0.4) is 0 Å². The molecule has 8 nitrogen and oxygen atoms in total. The summed E-state index contributed by atoms with van der Waals surface area (Å²) in [6.07, 6.45) is 1.65. The fraction of sp³-hybridized carbons (Fsp3) is 0.333. The van der Waals surface area contributed by atoms with Crippen molar-refractivity contribution >= 4 is 11.7 Å². The largest absolute Gasteiger partial charge is 0.336 e. The first-order valence-corrected chi connectivity index (χ1v) is 8.46. The number of amides is 2. The van der Waals surface area contributed by atoms with Crippen LogP contribution in [-0.2, 0) is 7.05 Å². The summed E-state index contributed by atoms with van der Waals surface area (Å²) in [5.74, 6) is 0.778. The SMILES string of the molecule is Cc1cc(C)n([C@H](C)CNC(=O)Nc2ccc(-c3nncn3C)cc2)n1. The number of hydrogen-bond acceptors (Lipinski definition) is 4. The number of nitrogens with zero attached hydrogens (tertiary/aromatic N) is 5. The summed E-state index contributed by atoms with van der Waals surface area (Å²) in [6, 6.07) is 9.34. The van der Waals surface area contributed by atoms with E-state index in [0.29, 0.717) is 12.2 Å². The third-order valence-electron chi connectivity index (χ3n) is 4.13. The Balaban J connectivity index is 1.55. The maximum absolute atomic E-state index is 12.1.